The van der Waals surface area contributed by atoms with Crippen LogP contribution in [0.15, 0.2) is 34.3 Å². The van der Waals surface area contributed by atoms with Gasteiger partial charge in [-0.05, 0) is 59.8 Å². The summed E-state index contributed by atoms with van der Waals surface area (Å²) in [4.78, 5) is 26.8. The largest absolute Gasteiger partial charge is 2.00 e. The third-order valence-corrected chi connectivity index (χ3v) is 6.09. The minimum atomic E-state index is -1.08. The van der Waals surface area contributed by atoms with E-state index in [2.05, 4.69) is 91.4 Å². The van der Waals surface area contributed by atoms with Crippen LogP contribution < -0.4 is 10.2 Å². The summed E-state index contributed by atoms with van der Waals surface area (Å²) in [6, 6.07) is 8.24. The Morgan fingerprint density at radius 3 is 1.16 bits per heavy atom. The standard InChI is InChI=1S/C30H44N2O2.2C2H4O2.Co/c1-19(2)21-13-23(27(33)25(15-21)29(5,6)7)17-31-11-12-32-18-24-14-22(20(3)4)16-26(28(24)34)30(8,9)10;2*1-2(3)4;/h13-20,33-34H,11-12H2,1-10H3;2*1H3,(H,3,4);/q;;;+2/p-2. The molecule has 9 heteroatoms. The van der Waals surface area contributed by atoms with Crippen LogP contribution >= 0.6 is 0 Å². The second kappa shape index (κ2) is 18.5. The summed E-state index contributed by atoms with van der Waals surface area (Å²) in [5.41, 5.74) is 5.45. The van der Waals surface area contributed by atoms with Crippen LogP contribution in [0.3, 0.4) is 0 Å². The predicted molar refractivity (Wildman–Crippen MR) is 168 cm³/mol. The van der Waals surface area contributed by atoms with Crippen molar-refractivity contribution in [3.63, 3.8) is 0 Å². The number of phenols is 2. The Bertz CT molecular complexity index is 1150. The van der Waals surface area contributed by atoms with Gasteiger partial charge in [0, 0.05) is 46.6 Å². The fourth-order valence-electron chi connectivity index (χ4n) is 3.81. The quantitative estimate of drug-likeness (QED) is 0.322. The maximum Gasteiger partial charge on any atom is 2.00 e. The number of carboxylic acids is 2. The minimum Gasteiger partial charge on any atom is -0.550 e. The normalized spacial score (nSPS) is 11.6. The number of benzene rings is 2. The van der Waals surface area contributed by atoms with Crippen LogP contribution in [0.1, 0.15) is 128 Å². The van der Waals surface area contributed by atoms with Crippen molar-refractivity contribution in [3.05, 3.63) is 57.6 Å². The van der Waals surface area contributed by atoms with Gasteiger partial charge in [-0.25, -0.2) is 0 Å². The van der Waals surface area contributed by atoms with Gasteiger partial charge in [0.2, 0.25) is 0 Å². The van der Waals surface area contributed by atoms with Crippen LogP contribution in [0.25, 0.3) is 0 Å². The van der Waals surface area contributed by atoms with Crippen molar-refractivity contribution in [2.24, 2.45) is 9.98 Å². The number of rotatable bonds is 7. The van der Waals surface area contributed by atoms with E-state index in [0.717, 1.165) is 36.1 Å². The molecule has 8 nitrogen and oxygen atoms in total. The topological polar surface area (TPSA) is 145 Å². The van der Waals surface area contributed by atoms with Crippen molar-refractivity contribution < 1.29 is 46.8 Å². The van der Waals surface area contributed by atoms with Gasteiger partial charge in [0.15, 0.2) is 0 Å². The number of phenolic OH excluding ortho intramolecular Hbond substituents is 2. The van der Waals surface area contributed by atoms with Crippen LogP contribution in [0.5, 0.6) is 11.5 Å². The molecule has 0 aliphatic heterocycles. The summed E-state index contributed by atoms with van der Waals surface area (Å²) in [7, 11) is 0. The molecule has 43 heavy (non-hydrogen) atoms. The van der Waals surface area contributed by atoms with Gasteiger partial charge < -0.3 is 30.0 Å². The van der Waals surface area contributed by atoms with E-state index in [1.165, 1.54) is 11.1 Å². The van der Waals surface area contributed by atoms with Gasteiger partial charge in [-0.3, -0.25) is 9.98 Å². The molecule has 2 aromatic carbocycles. The van der Waals surface area contributed by atoms with Crippen LogP contribution in [0.2, 0.25) is 0 Å². The molecule has 0 fully saturated rings. The Morgan fingerprint density at radius 1 is 0.698 bits per heavy atom. The van der Waals surface area contributed by atoms with E-state index >= 15 is 0 Å². The first-order chi connectivity index (χ1) is 19.1. The number of carbonyl (C=O) groups excluding carboxylic acids is 2. The molecule has 0 amide bonds. The molecule has 1 radical (unpaired) electrons. The summed E-state index contributed by atoms with van der Waals surface area (Å²) in [5.74, 6) is -0.833. The Balaban J connectivity index is 0. The fraction of sp³-hybridized carbons (Fsp3) is 0.529. The summed E-state index contributed by atoms with van der Waals surface area (Å²) >= 11 is 0. The van der Waals surface area contributed by atoms with Gasteiger partial charge in [0.25, 0.3) is 0 Å². The van der Waals surface area contributed by atoms with Crippen molar-refractivity contribution in [1.82, 2.24) is 0 Å². The second-order valence-electron chi connectivity index (χ2n) is 12.9. The van der Waals surface area contributed by atoms with E-state index in [-0.39, 0.29) is 27.6 Å². The van der Waals surface area contributed by atoms with Crippen molar-refractivity contribution in [1.29, 1.82) is 0 Å². The molecule has 241 valence electrons. The summed E-state index contributed by atoms with van der Waals surface area (Å²) in [6.07, 6.45) is 3.50. The second-order valence-corrected chi connectivity index (χ2v) is 12.9. The monoisotopic (exact) mass is 641 g/mol. The molecule has 0 saturated carbocycles. The smallest absolute Gasteiger partial charge is 0.550 e. The molecular weight excluding hydrogens is 591 g/mol. The number of carboxylic acid groups (broad SMARTS) is 2. The van der Waals surface area contributed by atoms with Gasteiger partial charge >= 0.3 is 16.8 Å². The van der Waals surface area contributed by atoms with Gasteiger partial charge in [0.1, 0.15) is 11.5 Å². The zero-order chi connectivity index (χ0) is 33.0. The number of nitrogens with zero attached hydrogens (tertiary/aromatic N) is 2. The van der Waals surface area contributed by atoms with E-state index in [9.17, 15) is 10.2 Å². The van der Waals surface area contributed by atoms with Crippen LogP contribution in [0.4, 0.5) is 0 Å². The number of aromatic hydroxyl groups is 2. The summed E-state index contributed by atoms with van der Waals surface area (Å²) in [5, 5.41) is 39.4. The Kier molecular flexibility index (Phi) is 18.0. The molecule has 0 spiro atoms. The minimum absolute atomic E-state index is 0. The van der Waals surface area contributed by atoms with Gasteiger partial charge in [-0.1, -0.05) is 81.4 Å². The zero-order valence-electron chi connectivity index (χ0n) is 27.8. The first-order valence-electron chi connectivity index (χ1n) is 14.2. The van der Waals surface area contributed by atoms with E-state index in [4.69, 9.17) is 19.8 Å². The van der Waals surface area contributed by atoms with Gasteiger partial charge in [-0.2, -0.15) is 0 Å². The molecule has 0 aromatic heterocycles. The Labute approximate surface area is 268 Å². The average Bonchev–Trinajstić information content (AvgIpc) is 2.80. The van der Waals surface area contributed by atoms with E-state index < -0.39 is 11.9 Å². The molecule has 0 saturated heterocycles. The molecule has 0 bridgehead atoms. The third-order valence-electron chi connectivity index (χ3n) is 6.09. The predicted octanol–water partition coefficient (Wildman–Crippen LogP) is 4.99. The molecule has 0 atom stereocenters. The van der Waals surface area contributed by atoms with E-state index in [1.807, 2.05) is 12.1 Å². The number of hydrogen-bond acceptors (Lipinski definition) is 8. The molecule has 2 rings (SSSR count). The SMILES string of the molecule is CC(=O)[O-].CC(=O)[O-].CC(C)c1cc(C=NCCN=Cc2cc(C(C)C)cc(C(C)(C)C)c2O)c(O)c(C(C)(C)C)c1.[Co+2]. The van der Waals surface area contributed by atoms with Gasteiger partial charge in [-0.15, -0.1) is 0 Å². The first kappa shape index (κ1) is 42.0. The van der Waals surface area contributed by atoms with Crippen LogP contribution in [-0.4, -0.2) is 47.7 Å². The average molecular weight is 642 g/mol. The Hall–Kier alpha value is -3.17. The number of hydrogen-bond donors (Lipinski definition) is 2. The number of carbonyl (C=O) groups is 2. The van der Waals surface area contributed by atoms with Crippen molar-refractivity contribution in [2.75, 3.05) is 13.1 Å². The molecular formula is C34H50CoN2O6. The third kappa shape index (κ3) is 15.7. The first-order valence-corrected chi connectivity index (χ1v) is 14.2. The number of aliphatic imine (C=N–C) groups is 2. The van der Waals surface area contributed by atoms with E-state index in [1.54, 1.807) is 12.4 Å². The molecule has 0 aliphatic carbocycles. The maximum absolute atomic E-state index is 10.8. The maximum atomic E-state index is 10.8. The molecule has 0 heterocycles. The van der Waals surface area contributed by atoms with Crippen LogP contribution in [0, 0.1) is 0 Å². The summed E-state index contributed by atoms with van der Waals surface area (Å²) < 4.78 is 0. The Morgan fingerprint density at radius 2 is 0.953 bits per heavy atom. The molecule has 0 aliphatic rings. The fourth-order valence-corrected chi connectivity index (χ4v) is 3.81. The van der Waals surface area contributed by atoms with Crippen molar-refractivity contribution in [3.8, 4) is 11.5 Å². The van der Waals surface area contributed by atoms with Crippen molar-refractivity contribution in [2.45, 2.75) is 106 Å². The molecule has 2 aromatic rings. The summed E-state index contributed by atoms with van der Waals surface area (Å²) in [6.45, 7) is 24.2. The number of aliphatic carboxylic acids is 2. The van der Waals surface area contributed by atoms with Crippen molar-refractivity contribution >= 4 is 24.4 Å². The van der Waals surface area contributed by atoms with Crippen LogP contribution in [-0.2, 0) is 37.2 Å². The van der Waals surface area contributed by atoms with E-state index in [0.29, 0.717) is 36.4 Å². The zero-order valence-corrected chi connectivity index (χ0v) is 28.8. The molecule has 0 unspecified atom stereocenters. The molecule has 2 N–H and O–H groups in total. The van der Waals surface area contributed by atoms with Gasteiger partial charge in [0.05, 0.1) is 13.1 Å².